The summed E-state index contributed by atoms with van der Waals surface area (Å²) in [6.07, 6.45) is 1.35. The summed E-state index contributed by atoms with van der Waals surface area (Å²) in [5, 5.41) is 12.7. The van der Waals surface area contributed by atoms with E-state index in [1.807, 2.05) is 13.0 Å². The summed E-state index contributed by atoms with van der Waals surface area (Å²) in [5.74, 6) is 0. The Balaban J connectivity index is 2.69. The van der Waals surface area contributed by atoms with Crippen LogP contribution >= 0.6 is 11.8 Å². The Morgan fingerprint density at radius 2 is 2.56 bits per heavy atom. The summed E-state index contributed by atoms with van der Waals surface area (Å²) in [6, 6.07) is 0. The van der Waals surface area contributed by atoms with Crippen molar-refractivity contribution in [1.82, 2.24) is 5.32 Å². The van der Waals surface area contributed by atoms with E-state index in [2.05, 4.69) is 11.9 Å². The Morgan fingerprint density at radius 1 is 1.89 bits per heavy atom. The first kappa shape index (κ1) is 6.71. The molecule has 0 saturated carbocycles. The molecule has 9 heavy (non-hydrogen) atoms. The van der Waals surface area contributed by atoms with Crippen LogP contribution in [0.25, 0.3) is 0 Å². The van der Waals surface area contributed by atoms with Crippen molar-refractivity contribution in [2.24, 2.45) is 0 Å². The van der Waals surface area contributed by atoms with Gasteiger partial charge in [-0.1, -0.05) is 24.4 Å². The van der Waals surface area contributed by atoms with Crippen molar-refractivity contribution in [1.29, 1.82) is 0 Å². The van der Waals surface area contributed by atoms with Crippen LogP contribution in [0.4, 0.5) is 0 Å². The normalized spacial score (nSPS) is 31.1. The summed E-state index contributed by atoms with van der Waals surface area (Å²) < 4.78 is 0. The summed E-state index contributed by atoms with van der Waals surface area (Å²) in [6.45, 7) is 5.55. The zero-order chi connectivity index (χ0) is 6.85. The molecule has 0 aromatic rings. The molecule has 1 fully saturated rings. The molecule has 3 heteroatoms. The van der Waals surface area contributed by atoms with Crippen molar-refractivity contribution >= 4 is 11.8 Å². The van der Waals surface area contributed by atoms with Gasteiger partial charge >= 0.3 is 0 Å². The van der Waals surface area contributed by atoms with Crippen molar-refractivity contribution in [3.05, 3.63) is 22.6 Å². The van der Waals surface area contributed by atoms with Gasteiger partial charge < -0.3 is 10.4 Å². The Hall–Kier alpha value is -0.410. The Labute approximate surface area is 58.6 Å². The van der Waals surface area contributed by atoms with E-state index in [0.717, 1.165) is 9.93 Å². The number of hydrogen-bond donors (Lipinski definition) is 2. The summed E-state index contributed by atoms with van der Waals surface area (Å²) >= 11 is 1.48. The molecule has 0 radical (unpaired) electrons. The molecule has 0 bridgehead atoms. The third-order valence-corrected chi connectivity index (χ3v) is 2.15. The number of thioether (sulfide) groups is 1. The summed E-state index contributed by atoms with van der Waals surface area (Å²) in [4.78, 5) is 0.931. The highest BCUT2D eigenvalue weighted by Gasteiger charge is 2.19. The molecule has 2 nitrogen and oxygen atoms in total. The molecule has 1 aliphatic heterocycles. The minimum Gasteiger partial charge on any atom is -0.369 e. The van der Waals surface area contributed by atoms with Gasteiger partial charge in [0, 0.05) is 4.91 Å². The molecule has 2 N–H and O–H groups in total. The lowest BCUT2D eigenvalue weighted by atomic mass is 10.5. The van der Waals surface area contributed by atoms with E-state index in [-0.39, 0.29) is 0 Å². The van der Waals surface area contributed by atoms with Crippen molar-refractivity contribution in [2.75, 3.05) is 0 Å². The first-order valence-electron chi connectivity index (χ1n) is 2.71. The molecular formula is C6H9NOS. The van der Waals surface area contributed by atoms with Crippen molar-refractivity contribution in [3.8, 4) is 0 Å². The van der Waals surface area contributed by atoms with Crippen molar-refractivity contribution < 1.29 is 5.11 Å². The monoisotopic (exact) mass is 143 g/mol. The summed E-state index contributed by atoms with van der Waals surface area (Å²) in [7, 11) is 0. The van der Waals surface area contributed by atoms with E-state index in [1.165, 1.54) is 11.8 Å². The zero-order valence-corrected chi connectivity index (χ0v) is 6.03. The van der Waals surface area contributed by atoms with Crippen LogP contribution in [0.5, 0.6) is 0 Å². The second kappa shape index (κ2) is 2.45. The van der Waals surface area contributed by atoms with Gasteiger partial charge in [0.25, 0.3) is 0 Å². The predicted octanol–water partition coefficient (Wildman–Crippen LogP) is 1.02. The standard InChI is InChI=1S/C6H9NOS/c1-3-5-6(8)7-4(2)9-5/h3,6-8H,2H2,1H3/b5-3-. The summed E-state index contributed by atoms with van der Waals surface area (Å²) in [5.41, 5.74) is 0. The van der Waals surface area contributed by atoms with Gasteiger partial charge in [0.15, 0.2) is 6.23 Å². The Kier molecular flexibility index (Phi) is 1.83. The Bertz CT molecular complexity index is 164. The molecule has 1 aliphatic rings. The zero-order valence-electron chi connectivity index (χ0n) is 5.22. The molecule has 50 valence electrons. The van der Waals surface area contributed by atoms with Crippen molar-refractivity contribution in [3.63, 3.8) is 0 Å². The second-order valence-corrected chi connectivity index (χ2v) is 2.93. The van der Waals surface area contributed by atoms with Crippen molar-refractivity contribution in [2.45, 2.75) is 13.2 Å². The molecule has 0 aliphatic carbocycles. The number of hydrogen-bond acceptors (Lipinski definition) is 3. The lowest BCUT2D eigenvalue weighted by molar-refractivity contribution is 0.202. The number of aliphatic hydroxyl groups is 1. The van der Waals surface area contributed by atoms with Gasteiger partial charge in [-0.05, 0) is 6.92 Å². The fourth-order valence-electron chi connectivity index (χ4n) is 0.668. The van der Waals surface area contributed by atoms with Gasteiger partial charge in [-0.3, -0.25) is 0 Å². The van der Waals surface area contributed by atoms with E-state index >= 15 is 0 Å². The molecule has 0 spiro atoms. The molecule has 1 atom stereocenters. The fourth-order valence-corrected chi connectivity index (χ4v) is 1.41. The van der Waals surface area contributed by atoms with Crippen LogP contribution in [-0.4, -0.2) is 11.3 Å². The van der Waals surface area contributed by atoms with Gasteiger partial charge in [-0.25, -0.2) is 0 Å². The fraction of sp³-hybridized carbons (Fsp3) is 0.333. The lowest BCUT2D eigenvalue weighted by Crippen LogP contribution is -2.19. The third-order valence-electron chi connectivity index (χ3n) is 1.09. The highest BCUT2D eigenvalue weighted by Crippen LogP contribution is 2.30. The molecule has 1 saturated heterocycles. The van der Waals surface area contributed by atoms with Crippen LogP contribution in [0.15, 0.2) is 22.6 Å². The number of nitrogens with one attached hydrogen (secondary N) is 1. The van der Waals surface area contributed by atoms with Gasteiger partial charge in [-0.2, -0.15) is 0 Å². The molecular weight excluding hydrogens is 134 g/mol. The molecule has 1 heterocycles. The van der Waals surface area contributed by atoms with Crippen LogP contribution < -0.4 is 5.32 Å². The van der Waals surface area contributed by atoms with E-state index in [9.17, 15) is 0 Å². The highest BCUT2D eigenvalue weighted by atomic mass is 32.2. The van der Waals surface area contributed by atoms with E-state index < -0.39 is 6.23 Å². The van der Waals surface area contributed by atoms with Crippen LogP contribution in [0, 0.1) is 0 Å². The predicted molar refractivity (Wildman–Crippen MR) is 39.6 cm³/mol. The first-order valence-corrected chi connectivity index (χ1v) is 3.53. The third kappa shape index (κ3) is 1.28. The number of aliphatic hydroxyl groups excluding tert-OH is 1. The second-order valence-electron chi connectivity index (χ2n) is 1.76. The van der Waals surface area contributed by atoms with Crippen LogP contribution in [-0.2, 0) is 0 Å². The van der Waals surface area contributed by atoms with Gasteiger partial charge in [0.2, 0.25) is 0 Å². The largest absolute Gasteiger partial charge is 0.369 e. The van der Waals surface area contributed by atoms with Gasteiger partial charge in [-0.15, -0.1) is 0 Å². The smallest absolute Gasteiger partial charge is 0.157 e. The molecule has 0 amide bonds. The minimum atomic E-state index is -0.521. The molecule has 1 unspecified atom stereocenters. The molecule has 0 aromatic heterocycles. The topological polar surface area (TPSA) is 32.3 Å². The maximum absolute atomic E-state index is 9.10. The molecule has 1 rings (SSSR count). The quantitative estimate of drug-likeness (QED) is 0.531. The molecule has 0 aromatic carbocycles. The van der Waals surface area contributed by atoms with Crippen LogP contribution in [0.3, 0.4) is 0 Å². The van der Waals surface area contributed by atoms with Crippen LogP contribution in [0.2, 0.25) is 0 Å². The van der Waals surface area contributed by atoms with Gasteiger partial charge in [0.1, 0.15) is 0 Å². The first-order chi connectivity index (χ1) is 4.24. The van der Waals surface area contributed by atoms with E-state index in [0.29, 0.717) is 0 Å². The maximum atomic E-state index is 9.10. The van der Waals surface area contributed by atoms with Gasteiger partial charge in [0.05, 0.1) is 5.03 Å². The SMILES string of the molecule is C=C1NC(O)/C(=C/C)S1. The number of rotatable bonds is 0. The minimum absolute atomic E-state index is 0.521. The maximum Gasteiger partial charge on any atom is 0.157 e. The number of allylic oxidation sites excluding steroid dienone is 1. The highest BCUT2D eigenvalue weighted by molar-refractivity contribution is 8.07. The lowest BCUT2D eigenvalue weighted by Gasteiger charge is -1.99. The van der Waals surface area contributed by atoms with E-state index in [4.69, 9.17) is 5.11 Å². The Morgan fingerprint density at radius 3 is 2.78 bits per heavy atom. The van der Waals surface area contributed by atoms with Crippen LogP contribution in [0.1, 0.15) is 6.92 Å². The average Bonchev–Trinajstić information content (AvgIpc) is 2.10. The van der Waals surface area contributed by atoms with E-state index in [1.54, 1.807) is 0 Å². The average molecular weight is 143 g/mol.